The molecule has 0 unspecified atom stereocenters. The summed E-state index contributed by atoms with van der Waals surface area (Å²) in [5.74, 6) is -1.46. The van der Waals surface area contributed by atoms with Crippen LogP contribution in [0.2, 0.25) is 0 Å². The summed E-state index contributed by atoms with van der Waals surface area (Å²) in [5, 5.41) is 4.89. The van der Waals surface area contributed by atoms with Gasteiger partial charge in [0.25, 0.3) is 0 Å². The fraction of sp³-hybridized carbons (Fsp3) is 0.263. The number of benzene rings is 1. The SMILES string of the molecule is Cc1cc(C(=O)O[C@@H](C)C(=O)c2ccc(F)cc2)c2c(C)nn(C)c2n1. The van der Waals surface area contributed by atoms with Gasteiger partial charge in [0.1, 0.15) is 5.82 Å². The van der Waals surface area contributed by atoms with Crippen LogP contribution >= 0.6 is 0 Å². The van der Waals surface area contributed by atoms with E-state index in [0.29, 0.717) is 28.0 Å². The van der Waals surface area contributed by atoms with Crippen molar-refractivity contribution in [3.8, 4) is 0 Å². The van der Waals surface area contributed by atoms with Gasteiger partial charge in [-0.05, 0) is 51.1 Å². The summed E-state index contributed by atoms with van der Waals surface area (Å²) in [6.07, 6.45) is -1.01. The van der Waals surface area contributed by atoms with Gasteiger partial charge in [-0.2, -0.15) is 5.10 Å². The number of carbonyl (C=O) groups is 2. The Kier molecular flexibility index (Phi) is 4.54. The zero-order valence-electron chi connectivity index (χ0n) is 14.9. The number of hydrogen-bond donors (Lipinski definition) is 0. The minimum absolute atomic E-state index is 0.278. The monoisotopic (exact) mass is 355 g/mol. The lowest BCUT2D eigenvalue weighted by atomic mass is 10.1. The molecule has 0 aliphatic heterocycles. The molecule has 0 bridgehead atoms. The number of fused-ring (bicyclic) bond motifs is 1. The van der Waals surface area contributed by atoms with Crippen molar-refractivity contribution in [3.63, 3.8) is 0 Å². The molecule has 0 saturated carbocycles. The van der Waals surface area contributed by atoms with Crippen LogP contribution in [0.25, 0.3) is 11.0 Å². The summed E-state index contributed by atoms with van der Waals surface area (Å²) in [6.45, 7) is 5.04. The highest BCUT2D eigenvalue weighted by molar-refractivity contribution is 6.06. The fourth-order valence-electron chi connectivity index (χ4n) is 2.86. The molecule has 1 aromatic carbocycles. The third kappa shape index (κ3) is 3.20. The van der Waals surface area contributed by atoms with Crippen LogP contribution in [0.4, 0.5) is 4.39 Å². The van der Waals surface area contributed by atoms with Crippen molar-refractivity contribution >= 4 is 22.8 Å². The van der Waals surface area contributed by atoms with Crippen molar-refractivity contribution in [1.29, 1.82) is 0 Å². The molecule has 1 atom stereocenters. The van der Waals surface area contributed by atoms with Gasteiger partial charge in [0.2, 0.25) is 5.78 Å². The first-order valence-corrected chi connectivity index (χ1v) is 8.09. The predicted molar refractivity (Wildman–Crippen MR) is 93.6 cm³/mol. The lowest BCUT2D eigenvalue weighted by molar-refractivity contribution is 0.0320. The highest BCUT2D eigenvalue weighted by atomic mass is 19.1. The van der Waals surface area contributed by atoms with Gasteiger partial charge in [-0.1, -0.05) is 0 Å². The Morgan fingerprint density at radius 2 is 1.85 bits per heavy atom. The quantitative estimate of drug-likeness (QED) is 0.531. The largest absolute Gasteiger partial charge is 0.451 e. The van der Waals surface area contributed by atoms with Gasteiger partial charge in [0, 0.05) is 18.3 Å². The fourth-order valence-corrected chi connectivity index (χ4v) is 2.86. The molecular weight excluding hydrogens is 337 g/mol. The average molecular weight is 355 g/mol. The molecule has 2 aromatic heterocycles. The van der Waals surface area contributed by atoms with Gasteiger partial charge in [0.15, 0.2) is 11.8 Å². The van der Waals surface area contributed by atoms with Crippen LogP contribution in [-0.4, -0.2) is 32.6 Å². The summed E-state index contributed by atoms with van der Waals surface area (Å²) in [4.78, 5) is 29.5. The van der Waals surface area contributed by atoms with Crippen molar-refractivity contribution < 1.29 is 18.7 Å². The van der Waals surface area contributed by atoms with Gasteiger partial charge in [-0.3, -0.25) is 9.48 Å². The Labute approximate surface area is 149 Å². The molecule has 3 aromatic rings. The van der Waals surface area contributed by atoms with Crippen LogP contribution in [0.5, 0.6) is 0 Å². The van der Waals surface area contributed by atoms with Gasteiger partial charge >= 0.3 is 5.97 Å². The first-order chi connectivity index (χ1) is 12.3. The summed E-state index contributed by atoms with van der Waals surface area (Å²) in [6, 6.07) is 6.73. The normalized spacial score (nSPS) is 12.2. The number of rotatable bonds is 4. The molecule has 0 aliphatic rings. The number of Topliss-reactive ketones (excluding diaryl/α,β-unsaturated/α-hetero) is 1. The minimum atomic E-state index is -1.01. The summed E-state index contributed by atoms with van der Waals surface area (Å²) in [5.41, 5.74) is 2.47. The maximum Gasteiger partial charge on any atom is 0.339 e. The number of pyridine rings is 1. The molecule has 26 heavy (non-hydrogen) atoms. The van der Waals surface area contributed by atoms with E-state index in [4.69, 9.17) is 4.74 Å². The first kappa shape index (κ1) is 17.7. The molecule has 6 nitrogen and oxygen atoms in total. The van der Waals surface area contributed by atoms with E-state index in [-0.39, 0.29) is 5.56 Å². The molecule has 134 valence electrons. The van der Waals surface area contributed by atoms with E-state index in [2.05, 4.69) is 10.1 Å². The Morgan fingerprint density at radius 3 is 2.50 bits per heavy atom. The van der Waals surface area contributed by atoms with Gasteiger partial charge in [-0.25, -0.2) is 14.2 Å². The van der Waals surface area contributed by atoms with E-state index in [0.717, 1.165) is 0 Å². The smallest absolute Gasteiger partial charge is 0.339 e. The first-order valence-electron chi connectivity index (χ1n) is 8.09. The number of ether oxygens (including phenoxy) is 1. The predicted octanol–water partition coefficient (Wildman–Crippen LogP) is 3.15. The highest BCUT2D eigenvalue weighted by Crippen LogP contribution is 2.23. The van der Waals surface area contributed by atoms with Gasteiger partial charge in [0.05, 0.1) is 16.6 Å². The number of carbonyl (C=O) groups excluding carboxylic acids is 2. The van der Waals surface area contributed by atoms with Crippen LogP contribution < -0.4 is 0 Å². The maximum atomic E-state index is 13.0. The Bertz CT molecular complexity index is 1010. The maximum absolute atomic E-state index is 13.0. The molecule has 3 rings (SSSR count). The number of nitrogens with zero attached hydrogens (tertiary/aromatic N) is 3. The molecule has 0 spiro atoms. The van der Waals surface area contributed by atoms with E-state index in [1.54, 1.807) is 31.6 Å². The van der Waals surface area contributed by atoms with Crippen molar-refractivity contribution in [1.82, 2.24) is 14.8 Å². The van der Waals surface area contributed by atoms with E-state index in [1.807, 2.05) is 0 Å². The summed E-state index contributed by atoms with van der Waals surface area (Å²) < 4.78 is 20.0. The standard InChI is InChI=1S/C19H18FN3O3/c1-10-9-15(16-11(2)22-23(4)18(16)21-10)19(25)26-12(3)17(24)13-5-7-14(20)8-6-13/h5-9,12H,1-4H3/t12-/m0/s1. The van der Waals surface area contributed by atoms with Crippen LogP contribution in [0.1, 0.15) is 39.0 Å². The Morgan fingerprint density at radius 1 is 1.19 bits per heavy atom. The second-order valence-electron chi connectivity index (χ2n) is 6.14. The number of esters is 1. The Hall–Kier alpha value is -3.09. The molecule has 0 fully saturated rings. The number of aryl methyl sites for hydroxylation is 3. The number of halogens is 1. The zero-order valence-corrected chi connectivity index (χ0v) is 14.9. The van der Waals surface area contributed by atoms with Crippen molar-refractivity contribution in [3.05, 3.63) is 58.7 Å². The molecule has 0 N–H and O–H groups in total. The number of aromatic nitrogens is 3. The molecule has 0 amide bonds. The van der Waals surface area contributed by atoms with Crippen LogP contribution in [0.3, 0.4) is 0 Å². The number of hydrogen-bond acceptors (Lipinski definition) is 5. The second kappa shape index (κ2) is 6.67. The van der Waals surface area contributed by atoms with Gasteiger partial charge < -0.3 is 4.74 Å². The molecule has 0 aliphatic carbocycles. The number of ketones is 1. The highest BCUT2D eigenvalue weighted by Gasteiger charge is 2.24. The van der Waals surface area contributed by atoms with E-state index in [9.17, 15) is 14.0 Å². The van der Waals surface area contributed by atoms with Gasteiger partial charge in [-0.15, -0.1) is 0 Å². The third-order valence-corrected chi connectivity index (χ3v) is 4.10. The summed E-state index contributed by atoms with van der Waals surface area (Å²) >= 11 is 0. The molecular formula is C19H18FN3O3. The van der Waals surface area contributed by atoms with Crippen LogP contribution in [0.15, 0.2) is 30.3 Å². The lowest BCUT2D eigenvalue weighted by Gasteiger charge is -2.13. The van der Waals surface area contributed by atoms with Crippen molar-refractivity contribution in [2.45, 2.75) is 26.9 Å². The molecule has 0 saturated heterocycles. The lowest BCUT2D eigenvalue weighted by Crippen LogP contribution is -2.24. The van der Waals surface area contributed by atoms with E-state index in [1.165, 1.54) is 31.2 Å². The van der Waals surface area contributed by atoms with Crippen molar-refractivity contribution in [2.24, 2.45) is 7.05 Å². The molecule has 2 heterocycles. The topological polar surface area (TPSA) is 74.1 Å². The van der Waals surface area contributed by atoms with Crippen molar-refractivity contribution in [2.75, 3.05) is 0 Å². The molecule has 0 radical (unpaired) electrons. The van der Waals surface area contributed by atoms with E-state index >= 15 is 0 Å². The van der Waals surface area contributed by atoms with Crippen LogP contribution in [-0.2, 0) is 11.8 Å². The average Bonchev–Trinajstić information content (AvgIpc) is 2.88. The van der Waals surface area contributed by atoms with Crippen LogP contribution in [0, 0.1) is 19.7 Å². The summed E-state index contributed by atoms with van der Waals surface area (Å²) in [7, 11) is 1.75. The van der Waals surface area contributed by atoms with E-state index < -0.39 is 23.7 Å². The Balaban J connectivity index is 1.89. The minimum Gasteiger partial charge on any atom is -0.451 e. The second-order valence-corrected chi connectivity index (χ2v) is 6.14. The third-order valence-electron chi connectivity index (χ3n) is 4.10. The molecule has 7 heteroatoms. The zero-order chi connectivity index (χ0) is 19.0.